The van der Waals surface area contributed by atoms with E-state index >= 15 is 0 Å². The number of nitrogens with zero attached hydrogens (tertiary/aromatic N) is 1. The number of H-pyrrole nitrogens is 1. The standard InChI is InChI=1S/C23H29N3O/c1-17-21(12-13-22-23(17)26-16-25-22)18-8-10-20(11-9-18)27-15-14-24-19-6-4-2-3-5-7-19/h8-13,16,19,24H,2-7,14-15H2,1H3,(H,25,26). The lowest BCUT2D eigenvalue weighted by atomic mass is 9.99. The Morgan fingerprint density at radius 1 is 1.04 bits per heavy atom. The fourth-order valence-electron chi connectivity index (χ4n) is 4.11. The molecule has 1 fully saturated rings. The SMILES string of the molecule is Cc1c(-c2ccc(OCCNC3CCCCCC3)cc2)ccc2nc[nH]c12. The Balaban J connectivity index is 1.32. The number of fused-ring (bicyclic) bond motifs is 1. The van der Waals surface area contributed by atoms with Crippen LogP contribution in [0.15, 0.2) is 42.7 Å². The van der Waals surface area contributed by atoms with E-state index in [1.54, 1.807) is 6.33 Å². The summed E-state index contributed by atoms with van der Waals surface area (Å²) in [6.45, 7) is 3.77. The third-order valence-electron chi connectivity index (χ3n) is 5.68. The highest BCUT2D eigenvalue weighted by Crippen LogP contribution is 2.29. The third-order valence-corrected chi connectivity index (χ3v) is 5.68. The van der Waals surface area contributed by atoms with Gasteiger partial charge in [0.1, 0.15) is 12.4 Å². The molecule has 1 aliphatic carbocycles. The number of hydrogen-bond acceptors (Lipinski definition) is 3. The number of benzene rings is 2. The van der Waals surface area contributed by atoms with Gasteiger partial charge in [-0.3, -0.25) is 0 Å². The second kappa shape index (κ2) is 8.57. The molecule has 0 saturated heterocycles. The van der Waals surface area contributed by atoms with Gasteiger partial charge in [0.2, 0.25) is 0 Å². The minimum atomic E-state index is 0.679. The van der Waals surface area contributed by atoms with Gasteiger partial charge in [-0.05, 0) is 54.7 Å². The van der Waals surface area contributed by atoms with Crippen LogP contribution in [0.4, 0.5) is 0 Å². The molecular weight excluding hydrogens is 334 g/mol. The summed E-state index contributed by atoms with van der Waals surface area (Å²) >= 11 is 0. The van der Waals surface area contributed by atoms with Crippen molar-refractivity contribution in [1.82, 2.24) is 15.3 Å². The molecule has 2 N–H and O–H groups in total. The van der Waals surface area contributed by atoms with Crippen molar-refractivity contribution >= 4 is 11.0 Å². The second-order valence-corrected chi connectivity index (χ2v) is 7.55. The highest BCUT2D eigenvalue weighted by Gasteiger charge is 2.11. The van der Waals surface area contributed by atoms with Crippen LogP contribution in [-0.4, -0.2) is 29.2 Å². The van der Waals surface area contributed by atoms with Gasteiger partial charge in [0, 0.05) is 12.6 Å². The number of ether oxygens (including phenoxy) is 1. The van der Waals surface area contributed by atoms with E-state index in [0.29, 0.717) is 6.04 Å². The molecular formula is C23H29N3O. The largest absolute Gasteiger partial charge is 0.492 e. The predicted octanol–water partition coefficient (Wildman–Crippen LogP) is 5.23. The Hall–Kier alpha value is -2.33. The molecule has 3 aromatic rings. The Morgan fingerprint density at radius 2 is 1.81 bits per heavy atom. The minimum absolute atomic E-state index is 0.679. The Morgan fingerprint density at radius 3 is 2.59 bits per heavy atom. The van der Waals surface area contributed by atoms with Crippen LogP contribution in [0.5, 0.6) is 5.75 Å². The fourth-order valence-corrected chi connectivity index (χ4v) is 4.11. The summed E-state index contributed by atoms with van der Waals surface area (Å²) in [5.74, 6) is 0.932. The highest BCUT2D eigenvalue weighted by atomic mass is 16.5. The maximum absolute atomic E-state index is 5.93. The van der Waals surface area contributed by atoms with Crippen molar-refractivity contribution in [3.05, 3.63) is 48.3 Å². The molecule has 0 aliphatic heterocycles. The van der Waals surface area contributed by atoms with Gasteiger partial charge in [0.25, 0.3) is 0 Å². The molecule has 0 amide bonds. The van der Waals surface area contributed by atoms with Gasteiger partial charge in [-0.15, -0.1) is 0 Å². The van der Waals surface area contributed by atoms with Crippen molar-refractivity contribution in [1.29, 1.82) is 0 Å². The van der Waals surface area contributed by atoms with E-state index in [4.69, 9.17) is 4.74 Å². The molecule has 142 valence electrons. The summed E-state index contributed by atoms with van der Waals surface area (Å²) in [6, 6.07) is 13.3. The molecule has 1 aliphatic rings. The van der Waals surface area contributed by atoms with Crippen molar-refractivity contribution in [3.63, 3.8) is 0 Å². The maximum atomic E-state index is 5.93. The van der Waals surface area contributed by atoms with Crippen LogP contribution < -0.4 is 10.1 Å². The molecule has 1 saturated carbocycles. The lowest BCUT2D eigenvalue weighted by molar-refractivity contribution is 0.300. The van der Waals surface area contributed by atoms with Gasteiger partial charge >= 0.3 is 0 Å². The van der Waals surface area contributed by atoms with Gasteiger partial charge in [-0.2, -0.15) is 0 Å². The zero-order valence-corrected chi connectivity index (χ0v) is 16.1. The van der Waals surface area contributed by atoms with Crippen LogP contribution in [0.25, 0.3) is 22.2 Å². The van der Waals surface area contributed by atoms with Crippen LogP contribution >= 0.6 is 0 Å². The fraction of sp³-hybridized carbons (Fsp3) is 0.435. The minimum Gasteiger partial charge on any atom is -0.492 e. The zero-order valence-electron chi connectivity index (χ0n) is 16.1. The first-order chi connectivity index (χ1) is 13.3. The maximum Gasteiger partial charge on any atom is 0.119 e. The summed E-state index contributed by atoms with van der Waals surface area (Å²) in [4.78, 5) is 7.56. The Kier molecular flexibility index (Phi) is 5.73. The molecule has 4 rings (SSSR count). The van der Waals surface area contributed by atoms with Crippen LogP contribution in [0, 0.1) is 6.92 Å². The Bertz CT molecular complexity index is 861. The molecule has 0 unspecified atom stereocenters. The van der Waals surface area contributed by atoms with Gasteiger partial charge < -0.3 is 15.0 Å². The number of imidazole rings is 1. The van der Waals surface area contributed by atoms with Crippen molar-refractivity contribution in [3.8, 4) is 16.9 Å². The molecule has 1 aromatic heterocycles. The summed E-state index contributed by atoms with van der Waals surface area (Å²) < 4.78 is 5.93. The lowest BCUT2D eigenvalue weighted by Gasteiger charge is -2.16. The number of nitrogens with one attached hydrogen (secondary N) is 2. The number of rotatable bonds is 6. The van der Waals surface area contributed by atoms with Crippen LogP contribution in [0.1, 0.15) is 44.1 Å². The first kappa shape index (κ1) is 18.1. The van der Waals surface area contributed by atoms with E-state index in [2.05, 4.69) is 58.6 Å². The molecule has 0 atom stereocenters. The first-order valence-corrected chi connectivity index (χ1v) is 10.2. The average molecular weight is 364 g/mol. The smallest absolute Gasteiger partial charge is 0.119 e. The van der Waals surface area contributed by atoms with E-state index < -0.39 is 0 Å². The van der Waals surface area contributed by atoms with E-state index in [0.717, 1.165) is 29.9 Å². The molecule has 0 spiro atoms. The number of aryl methyl sites for hydroxylation is 1. The van der Waals surface area contributed by atoms with Crippen molar-refractivity contribution in [2.45, 2.75) is 51.5 Å². The topological polar surface area (TPSA) is 49.9 Å². The molecule has 4 heteroatoms. The monoisotopic (exact) mass is 363 g/mol. The molecule has 0 radical (unpaired) electrons. The highest BCUT2D eigenvalue weighted by molar-refractivity contribution is 5.86. The van der Waals surface area contributed by atoms with Gasteiger partial charge in [-0.1, -0.05) is 43.9 Å². The van der Waals surface area contributed by atoms with Crippen LogP contribution in [0.3, 0.4) is 0 Å². The first-order valence-electron chi connectivity index (χ1n) is 10.2. The van der Waals surface area contributed by atoms with E-state index in [-0.39, 0.29) is 0 Å². The number of hydrogen-bond donors (Lipinski definition) is 2. The van der Waals surface area contributed by atoms with E-state index in [1.165, 1.54) is 55.2 Å². The summed E-state index contributed by atoms with van der Waals surface area (Å²) in [5.41, 5.74) is 5.78. The van der Waals surface area contributed by atoms with E-state index in [9.17, 15) is 0 Å². The third kappa shape index (κ3) is 4.33. The van der Waals surface area contributed by atoms with Gasteiger partial charge in [0.05, 0.1) is 17.4 Å². The summed E-state index contributed by atoms with van der Waals surface area (Å²) in [6.07, 6.45) is 9.90. The van der Waals surface area contributed by atoms with Crippen molar-refractivity contribution in [2.24, 2.45) is 0 Å². The molecule has 4 nitrogen and oxygen atoms in total. The predicted molar refractivity (Wildman–Crippen MR) is 111 cm³/mol. The quantitative estimate of drug-likeness (QED) is 0.466. The molecule has 1 heterocycles. The van der Waals surface area contributed by atoms with Crippen LogP contribution in [0.2, 0.25) is 0 Å². The number of aromatic nitrogens is 2. The molecule has 2 aromatic carbocycles. The summed E-state index contributed by atoms with van der Waals surface area (Å²) in [5, 5.41) is 3.66. The van der Waals surface area contributed by atoms with Crippen LogP contribution in [-0.2, 0) is 0 Å². The summed E-state index contributed by atoms with van der Waals surface area (Å²) in [7, 11) is 0. The number of aromatic amines is 1. The molecule has 0 bridgehead atoms. The molecule has 27 heavy (non-hydrogen) atoms. The van der Waals surface area contributed by atoms with Gasteiger partial charge in [0.15, 0.2) is 0 Å². The average Bonchev–Trinajstić information content (AvgIpc) is 3.03. The van der Waals surface area contributed by atoms with Gasteiger partial charge in [-0.25, -0.2) is 4.98 Å². The van der Waals surface area contributed by atoms with Crippen molar-refractivity contribution in [2.75, 3.05) is 13.2 Å². The second-order valence-electron chi connectivity index (χ2n) is 7.55. The van der Waals surface area contributed by atoms with Crippen molar-refractivity contribution < 1.29 is 4.74 Å². The lowest BCUT2D eigenvalue weighted by Crippen LogP contribution is -2.32. The normalized spacial score (nSPS) is 15.7. The van der Waals surface area contributed by atoms with E-state index in [1.807, 2.05) is 0 Å². The Labute approximate surface area is 161 Å². The zero-order chi connectivity index (χ0) is 18.5.